The van der Waals surface area contributed by atoms with Gasteiger partial charge in [-0.25, -0.2) is 8.42 Å². The average Bonchev–Trinajstić information content (AvgIpc) is 3.26. The summed E-state index contributed by atoms with van der Waals surface area (Å²) < 4.78 is 32.3. The van der Waals surface area contributed by atoms with Crippen molar-refractivity contribution in [2.75, 3.05) is 13.1 Å². The number of hydrogen-bond acceptors (Lipinski definition) is 7. The van der Waals surface area contributed by atoms with Crippen LogP contribution in [0.4, 0.5) is 0 Å². The summed E-state index contributed by atoms with van der Waals surface area (Å²) in [5, 5.41) is 3.99. The molecule has 0 bridgehead atoms. The molecule has 0 radical (unpaired) electrons. The van der Waals surface area contributed by atoms with Gasteiger partial charge in [-0.1, -0.05) is 5.16 Å². The van der Waals surface area contributed by atoms with Gasteiger partial charge in [-0.3, -0.25) is 0 Å². The quantitative estimate of drug-likeness (QED) is 0.864. The number of aromatic nitrogens is 2. The number of hydrogen-bond donors (Lipinski definition) is 1. The van der Waals surface area contributed by atoms with Crippen molar-refractivity contribution in [3.8, 4) is 0 Å². The van der Waals surface area contributed by atoms with E-state index >= 15 is 0 Å². The van der Waals surface area contributed by atoms with Crippen molar-refractivity contribution in [2.24, 2.45) is 5.73 Å². The van der Waals surface area contributed by atoms with Gasteiger partial charge in [-0.15, -0.1) is 11.3 Å². The fourth-order valence-corrected chi connectivity index (χ4v) is 6.13. The Morgan fingerprint density at radius 3 is 2.67 bits per heavy atom. The van der Waals surface area contributed by atoms with Crippen LogP contribution in [0.15, 0.2) is 20.9 Å². The molecule has 7 nitrogen and oxygen atoms in total. The summed E-state index contributed by atoms with van der Waals surface area (Å²) >= 11 is 1.27. The van der Waals surface area contributed by atoms with Crippen molar-refractivity contribution in [1.82, 2.24) is 14.4 Å². The van der Waals surface area contributed by atoms with Crippen LogP contribution in [-0.2, 0) is 22.0 Å². The molecule has 2 aliphatic rings. The molecule has 0 amide bonds. The molecule has 4 rings (SSSR count). The maximum absolute atomic E-state index is 12.6. The van der Waals surface area contributed by atoms with E-state index in [1.807, 2.05) is 6.07 Å². The summed E-state index contributed by atoms with van der Waals surface area (Å²) in [6.45, 7) is 1.22. The van der Waals surface area contributed by atoms with Crippen LogP contribution in [0.2, 0.25) is 0 Å². The minimum Gasteiger partial charge on any atom is -0.339 e. The van der Waals surface area contributed by atoms with Crippen LogP contribution in [0, 0.1) is 0 Å². The van der Waals surface area contributed by atoms with Gasteiger partial charge in [0.25, 0.3) is 10.0 Å². The molecule has 9 heteroatoms. The van der Waals surface area contributed by atoms with Crippen molar-refractivity contribution in [2.45, 2.75) is 48.3 Å². The van der Waals surface area contributed by atoms with Crippen molar-refractivity contribution in [3.05, 3.63) is 28.7 Å². The molecule has 1 saturated carbocycles. The number of thiophene rings is 1. The van der Waals surface area contributed by atoms with Crippen molar-refractivity contribution in [1.29, 1.82) is 0 Å². The lowest BCUT2D eigenvalue weighted by molar-refractivity contribution is 0.229. The highest BCUT2D eigenvalue weighted by Crippen LogP contribution is 2.37. The predicted molar refractivity (Wildman–Crippen MR) is 89.1 cm³/mol. The first-order valence-corrected chi connectivity index (χ1v) is 10.4. The summed E-state index contributed by atoms with van der Waals surface area (Å²) in [4.78, 5) is 5.28. The Morgan fingerprint density at radius 1 is 1.25 bits per heavy atom. The first kappa shape index (κ1) is 16.2. The highest BCUT2D eigenvalue weighted by Gasteiger charge is 2.39. The van der Waals surface area contributed by atoms with Gasteiger partial charge in [0.1, 0.15) is 4.21 Å². The Bertz CT molecular complexity index is 833. The molecule has 0 atom stereocenters. The van der Waals surface area contributed by atoms with E-state index in [9.17, 15) is 8.42 Å². The maximum Gasteiger partial charge on any atom is 0.252 e. The van der Waals surface area contributed by atoms with Crippen LogP contribution in [-0.4, -0.2) is 36.0 Å². The van der Waals surface area contributed by atoms with Crippen molar-refractivity contribution >= 4 is 21.4 Å². The van der Waals surface area contributed by atoms with Gasteiger partial charge in [0, 0.05) is 18.0 Å². The van der Waals surface area contributed by atoms with E-state index in [2.05, 4.69) is 10.1 Å². The minimum atomic E-state index is -3.36. The largest absolute Gasteiger partial charge is 0.339 e. The van der Waals surface area contributed by atoms with Crippen LogP contribution in [0.1, 0.15) is 48.7 Å². The summed E-state index contributed by atoms with van der Waals surface area (Å²) in [5.41, 5.74) is 5.75. The maximum atomic E-state index is 12.6. The van der Waals surface area contributed by atoms with Gasteiger partial charge in [0.15, 0.2) is 5.82 Å². The van der Waals surface area contributed by atoms with E-state index in [1.54, 1.807) is 10.4 Å². The molecular formula is C15H20N4O3S2. The smallest absolute Gasteiger partial charge is 0.252 e. The zero-order chi connectivity index (χ0) is 16.8. The third-order valence-electron chi connectivity index (χ3n) is 4.78. The van der Waals surface area contributed by atoms with Crippen LogP contribution in [0.3, 0.4) is 0 Å². The Hall–Kier alpha value is -1.29. The Morgan fingerprint density at radius 2 is 2.00 bits per heavy atom. The van der Waals surface area contributed by atoms with Gasteiger partial charge in [-0.2, -0.15) is 9.29 Å². The first-order chi connectivity index (χ1) is 11.5. The predicted octanol–water partition coefficient (Wildman–Crippen LogP) is 1.84. The van der Waals surface area contributed by atoms with Crippen LogP contribution < -0.4 is 5.73 Å². The Labute approximate surface area is 144 Å². The van der Waals surface area contributed by atoms with Gasteiger partial charge in [-0.05, 0) is 44.2 Å². The van der Waals surface area contributed by atoms with Crippen molar-refractivity contribution < 1.29 is 12.9 Å². The zero-order valence-corrected chi connectivity index (χ0v) is 14.9. The lowest BCUT2D eigenvalue weighted by Gasteiger charge is -2.34. The van der Waals surface area contributed by atoms with E-state index in [0.717, 1.165) is 37.0 Å². The average molecular weight is 368 g/mol. The van der Waals surface area contributed by atoms with Gasteiger partial charge < -0.3 is 10.3 Å². The summed E-state index contributed by atoms with van der Waals surface area (Å²) in [7, 11) is -3.36. The fraction of sp³-hybridized carbons (Fsp3) is 0.600. The molecule has 0 aromatic carbocycles. The molecule has 3 heterocycles. The molecule has 2 N–H and O–H groups in total. The first-order valence-electron chi connectivity index (χ1n) is 8.18. The van der Waals surface area contributed by atoms with Gasteiger partial charge >= 0.3 is 0 Å². The van der Waals surface area contributed by atoms with Crippen LogP contribution in [0.25, 0.3) is 0 Å². The highest BCUT2D eigenvalue weighted by molar-refractivity contribution is 7.91. The monoisotopic (exact) mass is 368 g/mol. The second-order valence-electron chi connectivity index (χ2n) is 6.53. The summed E-state index contributed by atoms with van der Waals surface area (Å²) in [5.74, 6) is 1.04. The molecule has 24 heavy (non-hydrogen) atoms. The SMILES string of the molecule is NC1(c2noc(Cc3ccc(S(=O)(=O)N4CCCC4)s3)n2)CCC1. The highest BCUT2D eigenvalue weighted by atomic mass is 32.2. The molecule has 1 saturated heterocycles. The number of rotatable bonds is 5. The lowest BCUT2D eigenvalue weighted by Crippen LogP contribution is -2.44. The number of nitrogens with zero attached hydrogens (tertiary/aromatic N) is 3. The lowest BCUT2D eigenvalue weighted by atomic mass is 9.77. The standard InChI is InChI=1S/C15H20N4O3S2/c16-15(6-3-7-15)14-17-12(22-18-14)10-11-4-5-13(23-11)24(20,21)19-8-1-2-9-19/h4-5H,1-3,6-10,16H2. The van der Waals surface area contributed by atoms with E-state index in [0.29, 0.717) is 35.4 Å². The van der Waals surface area contributed by atoms with E-state index in [-0.39, 0.29) is 0 Å². The van der Waals surface area contributed by atoms with Crippen molar-refractivity contribution in [3.63, 3.8) is 0 Å². The summed E-state index contributed by atoms with van der Waals surface area (Å²) in [6, 6.07) is 3.49. The molecule has 1 aliphatic carbocycles. The Kier molecular flexibility index (Phi) is 3.98. The number of nitrogens with two attached hydrogens (primary N) is 1. The second-order valence-corrected chi connectivity index (χ2v) is 9.86. The minimum absolute atomic E-state index is 0.383. The molecule has 130 valence electrons. The van der Waals surface area contributed by atoms with E-state index in [1.165, 1.54) is 11.3 Å². The molecule has 0 spiro atoms. The van der Waals surface area contributed by atoms with Crippen LogP contribution >= 0.6 is 11.3 Å². The molecule has 2 aromatic heterocycles. The third kappa shape index (κ3) is 2.79. The molecule has 2 fully saturated rings. The summed E-state index contributed by atoms with van der Waals surface area (Å²) in [6.07, 6.45) is 5.14. The van der Waals surface area contributed by atoms with Gasteiger partial charge in [0.2, 0.25) is 5.89 Å². The molecule has 1 aliphatic heterocycles. The van der Waals surface area contributed by atoms with E-state index in [4.69, 9.17) is 10.3 Å². The van der Waals surface area contributed by atoms with Gasteiger partial charge in [0.05, 0.1) is 12.0 Å². The number of sulfonamides is 1. The second kappa shape index (κ2) is 5.91. The Balaban J connectivity index is 1.49. The molecular weight excluding hydrogens is 348 g/mol. The normalized spacial score (nSPS) is 21.0. The van der Waals surface area contributed by atoms with E-state index < -0.39 is 15.6 Å². The topological polar surface area (TPSA) is 102 Å². The zero-order valence-electron chi connectivity index (χ0n) is 13.3. The fourth-order valence-electron chi connectivity index (χ4n) is 3.11. The molecule has 0 unspecified atom stereocenters. The van der Waals surface area contributed by atoms with Crippen LogP contribution in [0.5, 0.6) is 0 Å². The molecule has 2 aromatic rings. The third-order valence-corrected chi connectivity index (χ3v) is 8.23.